The largest absolute Gasteiger partial charge is 0.418 e. The third kappa shape index (κ3) is 8.88. The highest BCUT2D eigenvalue weighted by Crippen LogP contribution is 2.42. The summed E-state index contributed by atoms with van der Waals surface area (Å²) < 4.78 is 56.6. The lowest BCUT2D eigenvalue weighted by Crippen LogP contribution is -2.59. The van der Waals surface area contributed by atoms with Gasteiger partial charge in [-0.05, 0) is 72.1 Å². The Hall–Kier alpha value is -3.97. The smallest absolute Gasteiger partial charge is 0.364 e. The van der Waals surface area contributed by atoms with Crippen molar-refractivity contribution < 1.29 is 31.9 Å². The van der Waals surface area contributed by atoms with Crippen molar-refractivity contribution in [1.29, 1.82) is 0 Å². The zero-order valence-electron chi connectivity index (χ0n) is 30.4. The molecule has 5 rings (SSSR count). The molecule has 53 heavy (non-hydrogen) atoms. The zero-order chi connectivity index (χ0) is 38.7. The minimum Gasteiger partial charge on any atom is -0.364 e. The molecule has 1 aliphatic rings. The van der Waals surface area contributed by atoms with Gasteiger partial charge in [-0.15, -0.1) is 11.3 Å². The van der Waals surface area contributed by atoms with Gasteiger partial charge in [-0.2, -0.15) is 13.2 Å². The normalized spacial score (nSPS) is 18.2. The lowest BCUT2D eigenvalue weighted by molar-refractivity contribution is -0.136. The number of Topliss-reactive ketones (excluding diaryl/α,β-unsaturated/α-hetero) is 1. The van der Waals surface area contributed by atoms with E-state index in [1.807, 2.05) is 27.7 Å². The van der Waals surface area contributed by atoms with Crippen molar-refractivity contribution in [1.82, 2.24) is 15.3 Å². The number of hydrogen-bond donors (Lipinski definition) is 3. The number of benzene rings is 2. The van der Waals surface area contributed by atoms with Gasteiger partial charge < -0.3 is 16.0 Å². The molecule has 0 bridgehead atoms. The van der Waals surface area contributed by atoms with E-state index in [1.54, 1.807) is 29.6 Å². The van der Waals surface area contributed by atoms with Gasteiger partial charge in [0, 0.05) is 41.1 Å². The van der Waals surface area contributed by atoms with Gasteiger partial charge in [0.05, 0.1) is 16.1 Å². The van der Waals surface area contributed by atoms with Crippen LogP contribution in [0.3, 0.4) is 0 Å². The average Bonchev–Trinajstić information content (AvgIpc) is 3.76. The van der Waals surface area contributed by atoms with E-state index in [-0.39, 0.29) is 72.7 Å². The molecule has 4 N–H and O–H groups in total. The van der Waals surface area contributed by atoms with Gasteiger partial charge in [-0.3, -0.25) is 14.4 Å². The number of para-hydroxylation sites is 1. The van der Waals surface area contributed by atoms with Gasteiger partial charge in [-0.25, -0.2) is 9.37 Å². The summed E-state index contributed by atoms with van der Waals surface area (Å²) in [4.78, 5) is 49.4. The van der Waals surface area contributed by atoms with E-state index in [1.165, 1.54) is 23.5 Å². The Morgan fingerprint density at radius 3 is 2.42 bits per heavy atom. The van der Waals surface area contributed by atoms with E-state index in [9.17, 15) is 31.9 Å². The molecular formula is C40H46F4N4O3S2. The van der Waals surface area contributed by atoms with Crippen LogP contribution < -0.4 is 11.1 Å². The number of alkyl halides is 3. The van der Waals surface area contributed by atoms with Crippen LogP contribution in [0.15, 0.2) is 47.8 Å². The predicted octanol–water partition coefficient (Wildman–Crippen LogP) is 9.07. The first kappa shape index (κ1) is 40.2. The molecule has 0 saturated carbocycles. The molecule has 1 aliphatic carbocycles. The van der Waals surface area contributed by atoms with Crippen molar-refractivity contribution in [3.05, 3.63) is 86.7 Å². The lowest BCUT2D eigenvalue weighted by Gasteiger charge is -2.39. The first-order valence-corrected chi connectivity index (χ1v) is 19.4. The number of aromatic nitrogens is 2. The summed E-state index contributed by atoms with van der Waals surface area (Å²) in [7, 11) is 0. The molecule has 7 nitrogen and oxygen atoms in total. The number of thiazole rings is 1. The Labute approximate surface area is 316 Å². The van der Waals surface area contributed by atoms with Crippen LogP contribution in [0.25, 0.3) is 10.9 Å². The number of rotatable bonds is 16. The molecule has 2 heterocycles. The first-order valence-electron chi connectivity index (χ1n) is 18.1. The van der Waals surface area contributed by atoms with E-state index in [0.717, 1.165) is 6.07 Å². The van der Waals surface area contributed by atoms with Gasteiger partial charge in [0.15, 0.2) is 5.78 Å². The Morgan fingerprint density at radius 2 is 1.77 bits per heavy atom. The summed E-state index contributed by atoms with van der Waals surface area (Å²) >= 11 is 7.00. The Kier molecular flexibility index (Phi) is 12.6. The first-order chi connectivity index (χ1) is 25.1. The Balaban J connectivity index is 1.50. The number of nitrogens with two attached hydrogens (primary N) is 1. The average molecular weight is 771 g/mol. The van der Waals surface area contributed by atoms with Crippen molar-refractivity contribution in [2.75, 3.05) is 0 Å². The van der Waals surface area contributed by atoms with Gasteiger partial charge in [0.2, 0.25) is 5.91 Å². The topological polar surface area (TPSA) is 118 Å². The fourth-order valence-corrected chi connectivity index (χ4v) is 8.72. The quantitative estimate of drug-likeness (QED) is 0.0777. The van der Waals surface area contributed by atoms with E-state index in [0.29, 0.717) is 57.8 Å². The monoisotopic (exact) mass is 770 g/mol. The molecule has 0 aliphatic heterocycles. The number of hydrogen-bond acceptors (Lipinski definition) is 6. The van der Waals surface area contributed by atoms with Gasteiger partial charge in [-0.1, -0.05) is 83.1 Å². The summed E-state index contributed by atoms with van der Waals surface area (Å²) in [5.74, 6) is -2.74. The third-order valence-corrected chi connectivity index (χ3v) is 12.4. The van der Waals surface area contributed by atoms with Crippen LogP contribution in [0.4, 0.5) is 17.6 Å². The highest BCUT2D eigenvalue weighted by atomic mass is 32.1. The van der Waals surface area contributed by atoms with Crippen molar-refractivity contribution >= 4 is 56.9 Å². The molecule has 2 aromatic carbocycles. The highest BCUT2D eigenvalue weighted by molar-refractivity contribution is 7.80. The number of primary amides is 1. The van der Waals surface area contributed by atoms with Crippen LogP contribution in [-0.2, 0) is 35.0 Å². The second kappa shape index (κ2) is 16.6. The number of nitrogens with zero attached hydrogens (tertiary/aromatic N) is 1. The minimum atomic E-state index is -4.59. The molecule has 0 spiro atoms. The minimum absolute atomic E-state index is 0.00317. The van der Waals surface area contributed by atoms with Crippen molar-refractivity contribution in [3.8, 4) is 0 Å². The van der Waals surface area contributed by atoms with Crippen molar-refractivity contribution in [3.63, 3.8) is 0 Å². The summed E-state index contributed by atoms with van der Waals surface area (Å²) in [6.07, 6.45) is -1.80. The summed E-state index contributed by atoms with van der Waals surface area (Å²) in [5, 5.41) is 5.69. The molecule has 284 valence electrons. The molecule has 0 saturated heterocycles. The number of aromatic amines is 1. The van der Waals surface area contributed by atoms with Crippen molar-refractivity contribution in [2.24, 2.45) is 23.5 Å². The number of fused-ring (bicyclic) bond motifs is 3. The van der Waals surface area contributed by atoms with Gasteiger partial charge in [0.25, 0.3) is 5.91 Å². The summed E-state index contributed by atoms with van der Waals surface area (Å²) in [5.41, 5.74) is 5.03. The lowest BCUT2D eigenvalue weighted by atomic mass is 9.72. The molecule has 13 heteroatoms. The number of amides is 2. The van der Waals surface area contributed by atoms with Crippen LogP contribution in [-0.4, -0.2) is 38.0 Å². The Morgan fingerprint density at radius 1 is 1.06 bits per heavy atom. The number of H-pyrrole nitrogens is 1. The predicted molar refractivity (Wildman–Crippen MR) is 204 cm³/mol. The van der Waals surface area contributed by atoms with E-state index in [2.05, 4.69) is 15.3 Å². The zero-order valence-corrected chi connectivity index (χ0v) is 32.0. The van der Waals surface area contributed by atoms with Crippen LogP contribution in [0.1, 0.15) is 110 Å². The molecule has 0 unspecified atom stereocenters. The summed E-state index contributed by atoms with van der Waals surface area (Å²) in [6.45, 7) is 7.90. The highest BCUT2D eigenvalue weighted by Gasteiger charge is 2.46. The molecule has 2 amide bonds. The maximum absolute atomic E-state index is 14.9. The number of thiocarbonyl (C=S) groups is 1. The van der Waals surface area contributed by atoms with Crippen LogP contribution >= 0.6 is 23.6 Å². The number of nitrogens with one attached hydrogen (secondary N) is 2. The second-order valence-corrected chi connectivity index (χ2v) is 15.9. The molecule has 0 fully saturated rings. The Bertz CT molecular complexity index is 1990. The maximum Gasteiger partial charge on any atom is 0.418 e. The van der Waals surface area contributed by atoms with E-state index < -0.39 is 35.0 Å². The fraction of sp³-hybridized carbons (Fsp3) is 0.475. The second-order valence-electron chi connectivity index (χ2n) is 14.4. The number of carbonyl (C=O) groups excluding carboxylic acids is 3. The number of halogens is 4. The van der Waals surface area contributed by atoms with Crippen molar-refractivity contribution in [2.45, 2.75) is 103 Å². The molecular weight excluding hydrogens is 725 g/mol. The fourth-order valence-electron chi connectivity index (χ4n) is 7.39. The van der Waals surface area contributed by atoms with E-state index >= 15 is 0 Å². The van der Waals surface area contributed by atoms with E-state index in [4.69, 9.17) is 18.0 Å². The number of ketones is 1. The molecule has 0 radical (unpaired) electrons. The van der Waals surface area contributed by atoms with Gasteiger partial charge >= 0.3 is 6.18 Å². The third-order valence-electron chi connectivity index (χ3n) is 11.1. The SMILES string of the molecule is CC[C@H](C)[C@H](CC(=S)CCc1ccccc1F)C(=O)N[C@]1(C(=O)C[C@H](c2nc(C(N)=O)cs2)[C@@H](C)CC)CCc2[nH]c3c(C(F)(F)F)cccc3c2C1. The van der Waals surface area contributed by atoms with Gasteiger partial charge in [0.1, 0.15) is 17.1 Å². The molecule has 2 aromatic heterocycles. The summed E-state index contributed by atoms with van der Waals surface area (Å²) in [6, 6.07) is 10.5. The molecule has 4 aromatic rings. The number of carbonyl (C=O) groups is 3. The maximum atomic E-state index is 14.9. The standard InChI is InChI=1S/C40H46F4N4O3S2/c1-5-22(3)27(18-25(52)15-14-24-10-7-8-13-31(24)41)37(51)48-39(34(49)19-28(23(4)6-2)38-47-33(21-53-38)36(45)50)17-16-32-29(20-39)26-11-9-12-30(35(26)46-32)40(42,43)44/h7-13,21-23,27-28,46H,5-6,14-20H2,1-4H3,(H2,45,50)(H,48,51)/t22-,23-,27-,28-,39+/m0/s1. The van der Waals surface area contributed by atoms with Crippen LogP contribution in [0, 0.1) is 23.6 Å². The van der Waals surface area contributed by atoms with Crippen LogP contribution in [0.2, 0.25) is 0 Å². The van der Waals surface area contributed by atoms with Crippen LogP contribution in [0.5, 0.6) is 0 Å². The molecule has 5 atom stereocenters. The number of aryl methyl sites for hydroxylation is 2.